The number of likely N-dealkylation sites (tertiary alicyclic amines) is 1. The quantitative estimate of drug-likeness (QED) is 0.558. The van der Waals surface area contributed by atoms with Crippen molar-refractivity contribution in [2.75, 3.05) is 19.7 Å². The fourth-order valence-corrected chi connectivity index (χ4v) is 4.08. The number of piperidine rings is 1. The first-order chi connectivity index (χ1) is 16.0. The second-order valence-electron chi connectivity index (χ2n) is 8.99. The number of hydrogen-bond acceptors (Lipinski definition) is 6. The summed E-state index contributed by atoms with van der Waals surface area (Å²) < 4.78 is 11.3. The number of ether oxygens (including phenoxy) is 1. The number of aromatic nitrogens is 2. The summed E-state index contributed by atoms with van der Waals surface area (Å²) in [7, 11) is 0. The van der Waals surface area contributed by atoms with Crippen molar-refractivity contribution in [3.8, 4) is 17.1 Å². The second-order valence-corrected chi connectivity index (χ2v) is 8.99. The Hall–Kier alpha value is -3.19. The van der Waals surface area contributed by atoms with E-state index in [0.29, 0.717) is 31.4 Å². The van der Waals surface area contributed by atoms with E-state index in [1.54, 1.807) is 0 Å². The minimum Gasteiger partial charge on any atom is -0.491 e. The number of aryl methyl sites for hydroxylation is 2. The van der Waals surface area contributed by atoms with Gasteiger partial charge in [-0.15, -0.1) is 0 Å². The van der Waals surface area contributed by atoms with Gasteiger partial charge in [-0.25, -0.2) is 0 Å². The molecule has 1 N–H and O–H groups in total. The fourth-order valence-electron chi connectivity index (χ4n) is 4.08. The van der Waals surface area contributed by atoms with Crippen LogP contribution in [0.5, 0.6) is 5.75 Å². The molecule has 1 saturated heterocycles. The van der Waals surface area contributed by atoms with Crippen LogP contribution in [-0.2, 0) is 11.3 Å². The van der Waals surface area contributed by atoms with E-state index in [1.807, 2.05) is 69.3 Å². The van der Waals surface area contributed by atoms with Gasteiger partial charge in [0.2, 0.25) is 17.6 Å². The topological polar surface area (TPSA) is 80.5 Å². The molecule has 7 heteroatoms. The third kappa shape index (κ3) is 6.42. The maximum Gasteiger partial charge on any atom is 0.241 e. The summed E-state index contributed by atoms with van der Waals surface area (Å²) >= 11 is 0. The Morgan fingerprint density at radius 1 is 1.21 bits per heavy atom. The molecule has 1 aliphatic rings. The molecule has 2 heterocycles. The number of amides is 1. The van der Waals surface area contributed by atoms with Crippen molar-refractivity contribution >= 4 is 5.91 Å². The summed E-state index contributed by atoms with van der Waals surface area (Å²) in [5.74, 6) is 2.01. The molecular weight excluding hydrogens is 416 g/mol. The SMILES string of the molecule is Cc1ccc(OCC(C)NC(=O)C2CCCN(Cc3nc(-c4cccc(C)c4)no3)C2)cc1. The van der Waals surface area contributed by atoms with Crippen LogP contribution in [0.15, 0.2) is 53.1 Å². The monoisotopic (exact) mass is 448 g/mol. The predicted octanol–water partition coefficient (Wildman–Crippen LogP) is 4.15. The van der Waals surface area contributed by atoms with E-state index in [1.165, 1.54) is 5.56 Å². The summed E-state index contributed by atoms with van der Waals surface area (Å²) in [6, 6.07) is 15.9. The number of hydrogen-bond donors (Lipinski definition) is 1. The van der Waals surface area contributed by atoms with Crippen LogP contribution in [0.3, 0.4) is 0 Å². The van der Waals surface area contributed by atoms with Gasteiger partial charge in [0.25, 0.3) is 0 Å². The average Bonchev–Trinajstić information content (AvgIpc) is 3.27. The minimum absolute atomic E-state index is 0.0558. The summed E-state index contributed by atoms with van der Waals surface area (Å²) in [5, 5.41) is 7.24. The first-order valence-electron chi connectivity index (χ1n) is 11.6. The van der Waals surface area contributed by atoms with Gasteiger partial charge >= 0.3 is 0 Å². The molecule has 7 nitrogen and oxygen atoms in total. The fraction of sp³-hybridized carbons (Fsp3) is 0.423. The van der Waals surface area contributed by atoms with Gasteiger partial charge in [-0.05, 0) is 58.4 Å². The van der Waals surface area contributed by atoms with Gasteiger partial charge < -0.3 is 14.6 Å². The average molecular weight is 449 g/mol. The van der Waals surface area contributed by atoms with Gasteiger partial charge in [0.05, 0.1) is 18.5 Å². The van der Waals surface area contributed by atoms with E-state index in [2.05, 4.69) is 20.4 Å². The summed E-state index contributed by atoms with van der Waals surface area (Å²) in [4.78, 5) is 19.6. The lowest BCUT2D eigenvalue weighted by Gasteiger charge is -2.31. The van der Waals surface area contributed by atoms with Crippen LogP contribution >= 0.6 is 0 Å². The molecule has 1 amide bonds. The van der Waals surface area contributed by atoms with Crippen LogP contribution in [0.2, 0.25) is 0 Å². The van der Waals surface area contributed by atoms with E-state index in [9.17, 15) is 4.79 Å². The minimum atomic E-state index is -0.0676. The van der Waals surface area contributed by atoms with E-state index < -0.39 is 0 Å². The van der Waals surface area contributed by atoms with Gasteiger partial charge in [-0.1, -0.05) is 46.6 Å². The summed E-state index contributed by atoms with van der Waals surface area (Å²) in [6.45, 7) is 8.64. The van der Waals surface area contributed by atoms with E-state index in [4.69, 9.17) is 9.26 Å². The smallest absolute Gasteiger partial charge is 0.241 e. The molecule has 0 saturated carbocycles. The van der Waals surface area contributed by atoms with Gasteiger partial charge in [-0.2, -0.15) is 4.98 Å². The lowest BCUT2D eigenvalue weighted by molar-refractivity contribution is -0.127. The van der Waals surface area contributed by atoms with Crippen LogP contribution < -0.4 is 10.1 Å². The molecule has 33 heavy (non-hydrogen) atoms. The highest BCUT2D eigenvalue weighted by Crippen LogP contribution is 2.21. The molecule has 0 bridgehead atoms. The molecule has 0 radical (unpaired) electrons. The number of nitrogens with one attached hydrogen (secondary N) is 1. The zero-order valence-electron chi connectivity index (χ0n) is 19.6. The molecule has 0 aliphatic carbocycles. The van der Waals surface area contributed by atoms with Crippen molar-refractivity contribution in [3.63, 3.8) is 0 Å². The summed E-state index contributed by atoms with van der Waals surface area (Å²) in [6.07, 6.45) is 1.84. The number of carbonyl (C=O) groups excluding carboxylic acids is 1. The Balaban J connectivity index is 1.26. The Labute approximate surface area is 195 Å². The van der Waals surface area contributed by atoms with E-state index >= 15 is 0 Å². The van der Waals surface area contributed by atoms with E-state index in [0.717, 1.165) is 36.3 Å². The zero-order valence-corrected chi connectivity index (χ0v) is 19.6. The lowest BCUT2D eigenvalue weighted by atomic mass is 9.97. The van der Waals surface area contributed by atoms with Crippen molar-refractivity contribution in [1.82, 2.24) is 20.4 Å². The van der Waals surface area contributed by atoms with Gasteiger partial charge in [0.1, 0.15) is 12.4 Å². The molecule has 4 rings (SSSR count). The molecule has 1 aromatic heterocycles. The standard InChI is InChI=1S/C26H32N4O3/c1-18-9-11-23(12-10-18)32-17-20(3)27-26(31)22-8-5-13-30(15-22)16-24-28-25(29-33-24)21-7-4-6-19(2)14-21/h4,6-7,9-12,14,20,22H,5,8,13,15-17H2,1-3H3,(H,27,31). The molecule has 2 aromatic carbocycles. The second kappa shape index (κ2) is 10.6. The molecular formula is C26H32N4O3. The van der Waals surface area contributed by atoms with Gasteiger partial charge in [0.15, 0.2) is 0 Å². The van der Waals surface area contributed by atoms with Crippen LogP contribution in [0.25, 0.3) is 11.4 Å². The number of benzene rings is 2. The van der Waals surface area contributed by atoms with Crippen molar-refractivity contribution in [2.24, 2.45) is 5.92 Å². The van der Waals surface area contributed by atoms with E-state index in [-0.39, 0.29) is 17.9 Å². The number of nitrogens with zero attached hydrogens (tertiary/aromatic N) is 3. The number of carbonyl (C=O) groups is 1. The summed E-state index contributed by atoms with van der Waals surface area (Å²) in [5.41, 5.74) is 3.29. The van der Waals surface area contributed by atoms with Crippen LogP contribution in [-0.4, -0.2) is 46.7 Å². The zero-order chi connectivity index (χ0) is 23.2. The molecule has 174 valence electrons. The van der Waals surface area contributed by atoms with Crippen LogP contribution in [0, 0.1) is 19.8 Å². The first-order valence-corrected chi connectivity index (χ1v) is 11.6. The predicted molar refractivity (Wildman–Crippen MR) is 127 cm³/mol. The van der Waals surface area contributed by atoms with Crippen molar-refractivity contribution in [1.29, 1.82) is 0 Å². The largest absolute Gasteiger partial charge is 0.491 e. The lowest BCUT2D eigenvalue weighted by Crippen LogP contribution is -2.46. The third-order valence-electron chi connectivity index (χ3n) is 5.89. The van der Waals surface area contributed by atoms with Crippen LogP contribution in [0.1, 0.15) is 36.8 Å². The molecule has 2 unspecified atom stereocenters. The number of rotatable bonds is 8. The highest BCUT2D eigenvalue weighted by molar-refractivity contribution is 5.79. The Bertz CT molecular complexity index is 1060. The highest BCUT2D eigenvalue weighted by atomic mass is 16.5. The Morgan fingerprint density at radius 2 is 2.03 bits per heavy atom. The maximum absolute atomic E-state index is 12.8. The Kier molecular flexibility index (Phi) is 7.40. The molecule has 1 aliphatic heterocycles. The molecule has 3 aromatic rings. The van der Waals surface area contributed by atoms with Gasteiger partial charge in [0, 0.05) is 12.1 Å². The third-order valence-corrected chi connectivity index (χ3v) is 5.89. The van der Waals surface area contributed by atoms with Crippen molar-refractivity contribution < 1.29 is 14.1 Å². The molecule has 2 atom stereocenters. The Morgan fingerprint density at radius 3 is 2.82 bits per heavy atom. The normalized spacial score (nSPS) is 17.5. The van der Waals surface area contributed by atoms with Gasteiger partial charge in [-0.3, -0.25) is 9.69 Å². The first kappa shape index (κ1) is 23.0. The van der Waals surface area contributed by atoms with Crippen molar-refractivity contribution in [2.45, 2.75) is 46.2 Å². The maximum atomic E-state index is 12.8. The van der Waals surface area contributed by atoms with Crippen molar-refractivity contribution in [3.05, 3.63) is 65.5 Å². The van der Waals surface area contributed by atoms with Crippen LogP contribution in [0.4, 0.5) is 0 Å². The molecule has 1 fully saturated rings. The highest BCUT2D eigenvalue weighted by Gasteiger charge is 2.27. The molecule has 0 spiro atoms.